The lowest BCUT2D eigenvalue weighted by Gasteiger charge is -2.28. The van der Waals surface area contributed by atoms with E-state index in [9.17, 15) is 4.79 Å². The first kappa shape index (κ1) is 10.6. The standard InChI is InChI=1S/C11H21NO/c1-4-9-5-7-10(8-6-9)11(13)12(2)3/h9-10H,4-8H2,1-3H3. The number of rotatable bonds is 2. The molecule has 0 N–H and O–H groups in total. The zero-order valence-electron chi connectivity index (χ0n) is 9.05. The quantitative estimate of drug-likeness (QED) is 0.643. The molecule has 0 aromatic heterocycles. The second kappa shape index (κ2) is 4.64. The number of carbonyl (C=O) groups excluding carboxylic acids is 1. The number of nitrogens with zero attached hydrogens (tertiary/aromatic N) is 1. The predicted octanol–water partition coefficient (Wildman–Crippen LogP) is 2.29. The van der Waals surface area contributed by atoms with E-state index in [0.717, 1.165) is 18.8 Å². The number of hydrogen-bond donors (Lipinski definition) is 0. The Morgan fingerprint density at radius 1 is 1.23 bits per heavy atom. The number of hydrogen-bond acceptors (Lipinski definition) is 1. The summed E-state index contributed by atoms with van der Waals surface area (Å²) in [5.41, 5.74) is 0. The van der Waals surface area contributed by atoms with Crippen LogP contribution in [0.1, 0.15) is 39.0 Å². The van der Waals surface area contributed by atoms with E-state index in [1.807, 2.05) is 14.1 Å². The smallest absolute Gasteiger partial charge is 0.225 e. The number of amides is 1. The molecule has 1 saturated carbocycles. The third-order valence-corrected chi connectivity index (χ3v) is 3.21. The third kappa shape index (κ3) is 2.71. The first-order chi connectivity index (χ1) is 6.15. The highest BCUT2D eigenvalue weighted by molar-refractivity contribution is 5.78. The summed E-state index contributed by atoms with van der Waals surface area (Å²) in [4.78, 5) is 13.4. The zero-order valence-corrected chi connectivity index (χ0v) is 9.05. The van der Waals surface area contributed by atoms with Crippen molar-refractivity contribution in [2.75, 3.05) is 14.1 Å². The second-order valence-corrected chi connectivity index (χ2v) is 4.36. The van der Waals surface area contributed by atoms with Crippen molar-refractivity contribution in [1.82, 2.24) is 4.90 Å². The van der Waals surface area contributed by atoms with Gasteiger partial charge in [0.25, 0.3) is 0 Å². The van der Waals surface area contributed by atoms with Gasteiger partial charge in [-0.1, -0.05) is 13.3 Å². The van der Waals surface area contributed by atoms with Gasteiger partial charge in [0.15, 0.2) is 0 Å². The largest absolute Gasteiger partial charge is 0.349 e. The summed E-state index contributed by atoms with van der Waals surface area (Å²) in [6, 6.07) is 0. The average molecular weight is 183 g/mol. The van der Waals surface area contributed by atoms with Crippen LogP contribution in [0.4, 0.5) is 0 Å². The van der Waals surface area contributed by atoms with Crippen molar-refractivity contribution in [2.24, 2.45) is 11.8 Å². The lowest BCUT2D eigenvalue weighted by atomic mass is 9.80. The van der Waals surface area contributed by atoms with Crippen molar-refractivity contribution in [3.8, 4) is 0 Å². The van der Waals surface area contributed by atoms with Crippen molar-refractivity contribution in [3.63, 3.8) is 0 Å². The monoisotopic (exact) mass is 183 g/mol. The van der Waals surface area contributed by atoms with Gasteiger partial charge in [-0.3, -0.25) is 4.79 Å². The van der Waals surface area contributed by atoms with E-state index < -0.39 is 0 Å². The van der Waals surface area contributed by atoms with Crippen molar-refractivity contribution < 1.29 is 4.79 Å². The van der Waals surface area contributed by atoms with E-state index in [-0.39, 0.29) is 0 Å². The third-order valence-electron chi connectivity index (χ3n) is 3.21. The minimum atomic E-state index is 0.317. The maximum Gasteiger partial charge on any atom is 0.225 e. The van der Waals surface area contributed by atoms with Gasteiger partial charge in [-0.25, -0.2) is 0 Å². The molecule has 1 fully saturated rings. The summed E-state index contributed by atoms with van der Waals surface area (Å²) in [5.74, 6) is 1.53. The number of carbonyl (C=O) groups is 1. The molecule has 0 unspecified atom stereocenters. The highest BCUT2D eigenvalue weighted by Gasteiger charge is 2.26. The lowest BCUT2D eigenvalue weighted by molar-refractivity contribution is -0.134. The van der Waals surface area contributed by atoms with Crippen LogP contribution in [-0.2, 0) is 4.79 Å². The minimum Gasteiger partial charge on any atom is -0.349 e. The summed E-state index contributed by atoms with van der Waals surface area (Å²) in [7, 11) is 3.71. The van der Waals surface area contributed by atoms with Crippen molar-refractivity contribution in [2.45, 2.75) is 39.0 Å². The fourth-order valence-corrected chi connectivity index (χ4v) is 2.18. The molecular weight excluding hydrogens is 162 g/mol. The van der Waals surface area contributed by atoms with Gasteiger partial charge in [0.05, 0.1) is 0 Å². The highest BCUT2D eigenvalue weighted by atomic mass is 16.2. The van der Waals surface area contributed by atoms with Crippen LogP contribution in [0.25, 0.3) is 0 Å². The molecule has 1 rings (SSSR count). The molecule has 0 atom stereocenters. The summed E-state index contributed by atoms with van der Waals surface area (Å²) < 4.78 is 0. The first-order valence-corrected chi connectivity index (χ1v) is 5.36. The minimum absolute atomic E-state index is 0.317. The topological polar surface area (TPSA) is 20.3 Å². The highest BCUT2D eigenvalue weighted by Crippen LogP contribution is 2.31. The second-order valence-electron chi connectivity index (χ2n) is 4.36. The Labute approximate surface area is 81.3 Å². The van der Waals surface area contributed by atoms with Crippen LogP contribution in [0.5, 0.6) is 0 Å². The van der Waals surface area contributed by atoms with Gasteiger partial charge in [-0.2, -0.15) is 0 Å². The van der Waals surface area contributed by atoms with Crippen LogP contribution < -0.4 is 0 Å². The van der Waals surface area contributed by atoms with Gasteiger partial charge in [0.2, 0.25) is 5.91 Å². The van der Waals surface area contributed by atoms with Gasteiger partial charge < -0.3 is 4.90 Å². The predicted molar refractivity (Wildman–Crippen MR) is 54.4 cm³/mol. The summed E-state index contributed by atoms with van der Waals surface area (Å²) in [6.07, 6.45) is 6.00. The van der Waals surface area contributed by atoms with E-state index in [0.29, 0.717) is 11.8 Å². The van der Waals surface area contributed by atoms with Gasteiger partial charge in [0.1, 0.15) is 0 Å². The van der Waals surface area contributed by atoms with E-state index in [2.05, 4.69) is 6.92 Å². The molecule has 0 spiro atoms. The molecule has 76 valence electrons. The van der Waals surface area contributed by atoms with E-state index >= 15 is 0 Å². The van der Waals surface area contributed by atoms with E-state index in [1.54, 1.807) is 4.90 Å². The average Bonchev–Trinajstić information content (AvgIpc) is 2.17. The van der Waals surface area contributed by atoms with Crippen LogP contribution in [0.2, 0.25) is 0 Å². The molecule has 0 heterocycles. The molecule has 1 aliphatic carbocycles. The van der Waals surface area contributed by atoms with Crippen molar-refractivity contribution >= 4 is 5.91 Å². The molecule has 0 saturated heterocycles. The van der Waals surface area contributed by atoms with Gasteiger partial charge in [0, 0.05) is 20.0 Å². The SMILES string of the molecule is CCC1CCC(C(=O)N(C)C)CC1. The van der Waals surface area contributed by atoms with Crippen LogP contribution in [0.3, 0.4) is 0 Å². The molecule has 2 nitrogen and oxygen atoms in total. The maximum atomic E-state index is 11.6. The molecule has 0 aromatic rings. The van der Waals surface area contributed by atoms with Crippen molar-refractivity contribution in [3.05, 3.63) is 0 Å². The van der Waals surface area contributed by atoms with Gasteiger partial charge >= 0.3 is 0 Å². The van der Waals surface area contributed by atoms with Gasteiger partial charge in [-0.05, 0) is 31.6 Å². The molecule has 0 bridgehead atoms. The Bertz CT molecular complexity index is 169. The lowest BCUT2D eigenvalue weighted by Crippen LogP contribution is -2.32. The Kier molecular flexibility index (Phi) is 3.76. The summed E-state index contributed by atoms with van der Waals surface area (Å²) in [5, 5.41) is 0. The fourth-order valence-electron chi connectivity index (χ4n) is 2.18. The molecule has 0 aliphatic heterocycles. The van der Waals surface area contributed by atoms with E-state index in [4.69, 9.17) is 0 Å². The Morgan fingerprint density at radius 2 is 1.77 bits per heavy atom. The molecule has 0 radical (unpaired) electrons. The van der Waals surface area contributed by atoms with E-state index in [1.165, 1.54) is 19.3 Å². The van der Waals surface area contributed by atoms with Crippen molar-refractivity contribution in [1.29, 1.82) is 0 Å². The van der Waals surface area contributed by atoms with Crippen LogP contribution in [0.15, 0.2) is 0 Å². The zero-order chi connectivity index (χ0) is 9.84. The first-order valence-electron chi connectivity index (χ1n) is 5.36. The van der Waals surface area contributed by atoms with Crippen LogP contribution in [0, 0.1) is 11.8 Å². The summed E-state index contributed by atoms with van der Waals surface area (Å²) >= 11 is 0. The molecule has 2 heteroatoms. The Morgan fingerprint density at radius 3 is 2.15 bits per heavy atom. The van der Waals surface area contributed by atoms with Gasteiger partial charge in [-0.15, -0.1) is 0 Å². The Hall–Kier alpha value is -0.530. The maximum absolute atomic E-state index is 11.6. The summed E-state index contributed by atoms with van der Waals surface area (Å²) in [6.45, 7) is 2.25. The molecule has 0 aromatic carbocycles. The molecule has 1 amide bonds. The van der Waals surface area contributed by atoms with Crippen LogP contribution >= 0.6 is 0 Å². The van der Waals surface area contributed by atoms with Crippen LogP contribution in [-0.4, -0.2) is 24.9 Å². The molecule has 1 aliphatic rings. The normalized spacial score (nSPS) is 28.5. The fraction of sp³-hybridized carbons (Fsp3) is 0.909. The molecule has 13 heavy (non-hydrogen) atoms. The molecular formula is C11H21NO. The Balaban J connectivity index is 2.36.